The molecule has 0 aliphatic heterocycles. The lowest BCUT2D eigenvalue weighted by Crippen LogP contribution is -2.26. The molecule has 5 nitrogen and oxygen atoms in total. The number of hydrogen-bond acceptors (Lipinski definition) is 3. The van der Waals surface area contributed by atoms with Crippen LogP contribution in [0.15, 0.2) is 36.4 Å². The van der Waals surface area contributed by atoms with Gasteiger partial charge in [0.05, 0.1) is 21.7 Å². The number of carbonyl (C=O) groups excluding carboxylic acids is 1. The van der Waals surface area contributed by atoms with E-state index in [1.165, 1.54) is 12.1 Å². The number of aliphatic carboxylic acids is 1. The van der Waals surface area contributed by atoms with E-state index in [1.807, 2.05) is 0 Å². The summed E-state index contributed by atoms with van der Waals surface area (Å²) in [6, 6.07) is 7.40. The molecule has 0 heterocycles. The first-order chi connectivity index (χ1) is 12.3. The van der Waals surface area contributed by atoms with Crippen LogP contribution in [-0.4, -0.2) is 23.8 Å². The Morgan fingerprint density at radius 2 is 1.81 bits per heavy atom. The van der Waals surface area contributed by atoms with E-state index in [2.05, 4.69) is 5.32 Å². The summed E-state index contributed by atoms with van der Waals surface area (Å²) in [7, 11) is 0. The van der Waals surface area contributed by atoms with Crippen LogP contribution in [0.4, 0.5) is 19.3 Å². The Morgan fingerprint density at radius 1 is 1.15 bits per heavy atom. The van der Waals surface area contributed by atoms with Crippen molar-refractivity contribution in [2.75, 3.05) is 11.9 Å². The fourth-order valence-electron chi connectivity index (χ4n) is 2.10. The standard InChI is InChI=1S/C17H13Cl2F2NO4/c18-12-2-1-3-13(19)15(12)22-17(25)26-8-10(16(23)24)6-9-4-5-11(20)7-14(9)21/h1-5,7,10H,6,8H2,(H,22,25)(H,23,24). The molecular weight excluding hydrogens is 391 g/mol. The summed E-state index contributed by atoms with van der Waals surface area (Å²) in [6.07, 6.45) is -1.24. The highest BCUT2D eigenvalue weighted by Crippen LogP contribution is 2.29. The number of anilines is 1. The van der Waals surface area contributed by atoms with Crippen molar-refractivity contribution in [1.82, 2.24) is 0 Å². The molecule has 0 aliphatic rings. The third-order valence-corrected chi connectivity index (χ3v) is 4.07. The van der Waals surface area contributed by atoms with Crippen LogP contribution in [0.2, 0.25) is 10.0 Å². The molecule has 2 N–H and O–H groups in total. The van der Waals surface area contributed by atoms with E-state index in [0.717, 1.165) is 12.1 Å². The van der Waals surface area contributed by atoms with Gasteiger partial charge in [0, 0.05) is 6.07 Å². The Kier molecular flexibility index (Phi) is 6.76. The lowest BCUT2D eigenvalue weighted by Gasteiger charge is -2.14. The average molecular weight is 404 g/mol. The van der Waals surface area contributed by atoms with Crippen molar-refractivity contribution in [2.45, 2.75) is 6.42 Å². The molecule has 0 fully saturated rings. The summed E-state index contributed by atoms with van der Waals surface area (Å²) in [6.45, 7) is -0.528. The molecular formula is C17H13Cl2F2NO4. The molecule has 0 saturated heterocycles. The summed E-state index contributed by atoms with van der Waals surface area (Å²) in [5.41, 5.74) is 0.120. The Balaban J connectivity index is 2.00. The van der Waals surface area contributed by atoms with Crippen LogP contribution in [0.3, 0.4) is 0 Å². The van der Waals surface area contributed by atoms with Gasteiger partial charge in [-0.3, -0.25) is 10.1 Å². The van der Waals surface area contributed by atoms with Crippen LogP contribution in [0, 0.1) is 17.6 Å². The predicted octanol–water partition coefficient (Wildman–Crippen LogP) is 4.76. The van der Waals surface area contributed by atoms with Gasteiger partial charge in [-0.05, 0) is 30.2 Å². The molecule has 1 unspecified atom stereocenters. The highest BCUT2D eigenvalue weighted by Gasteiger charge is 2.22. The number of para-hydroxylation sites is 1. The van der Waals surface area contributed by atoms with Crippen molar-refractivity contribution < 1.29 is 28.2 Å². The maximum atomic E-state index is 13.7. The monoisotopic (exact) mass is 403 g/mol. The van der Waals surface area contributed by atoms with E-state index >= 15 is 0 Å². The number of ether oxygens (including phenoxy) is 1. The molecule has 138 valence electrons. The van der Waals surface area contributed by atoms with Gasteiger partial charge in [0.25, 0.3) is 0 Å². The average Bonchev–Trinajstić information content (AvgIpc) is 2.56. The molecule has 1 atom stereocenters. The van der Waals surface area contributed by atoms with Crippen LogP contribution < -0.4 is 5.32 Å². The van der Waals surface area contributed by atoms with Gasteiger partial charge in [-0.15, -0.1) is 0 Å². The van der Waals surface area contributed by atoms with Gasteiger partial charge in [0.15, 0.2) is 0 Å². The minimum absolute atomic E-state index is 0.00282. The lowest BCUT2D eigenvalue weighted by molar-refractivity contribution is -0.142. The third-order valence-electron chi connectivity index (χ3n) is 3.44. The third kappa shape index (κ3) is 5.31. The van der Waals surface area contributed by atoms with E-state index < -0.39 is 36.2 Å². The van der Waals surface area contributed by atoms with Crippen LogP contribution in [-0.2, 0) is 16.0 Å². The minimum atomic E-state index is -1.29. The summed E-state index contributed by atoms with van der Waals surface area (Å²) in [4.78, 5) is 23.2. The number of carbonyl (C=O) groups is 2. The topological polar surface area (TPSA) is 75.6 Å². The molecule has 2 rings (SSSR count). The van der Waals surface area contributed by atoms with Gasteiger partial charge in [-0.25, -0.2) is 13.6 Å². The number of carboxylic acids is 1. The summed E-state index contributed by atoms with van der Waals surface area (Å²) in [5.74, 6) is -4.16. The lowest BCUT2D eigenvalue weighted by atomic mass is 10.00. The molecule has 2 aromatic carbocycles. The number of halogens is 4. The van der Waals surface area contributed by atoms with Crippen LogP contribution in [0.1, 0.15) is 5.56 Å². The fraction of sp³-hybridized carbons (Fsp3) is 0.176. The Labute approximate surface area is 157 Å². The largest absolute Gasteiger partial charge is 0.481 e. The van der Waals surface area contributed by atoms with E-state index in [0.29, 0.717) is 6.07 Å². The van der Waals surface area contributed by atoms with Crippen molar-refractivity contribution in [3.05, 3.63) is 63.6 Å². The second-order valence-corrected chi connectivity index (χ2v) is 6.11. The number of hydrogen-bond donors (Lipinski definition) is 2. The van der Waals surface area contributed by atoms with E-state index in [4.69, 9.17) is 27.9 Å². The Bertz CT molecular complexity index is 812. The first-order valence-electron chi connectivity index (χ1n) is 7.32. The van der Waals surface area contributed by atoms with E-state index in [1.54, 1.807) is 6.07 Å². The zero-order valence-electron chi connectivity index (χ0n) is 13.1. The molecule has 26 heavy (non-hydrogen) atoms. The summed E-state index contributed by atoms with van der Waals surface area (Å²) >= 11 is 11.8. The second-order valence-electron chi connectivity index (χ2n) is 5.30. The first kappa shape index (κ1) is 19.9. The molecule has 0 saturated carbocycles. The highest BCUT2D eigenvalue weighted by molar-refractivity contribution is 6.39. The number of amides is 1. The molecule has 9 heteroatoms. The van der Waals surface area contributed by atoms with Gasteiger partial charge >= 0.3 is 12.1 Å². The Morgan fingerprint density at radius 3 is 2.38 bits per heavy atom. The van der Waals surface area contributed by atoms with Gasteiger partial charge in [0.2, 0.25) is 0 Å². The van der Waals surface area contributed by atoms with Crippen molar-refractivity contribution in [3.63, 3.8) is 0 Å². The number of nitrogens with one attached hydrogen (secondary N) is 1. The maximum absolute atomic E-state index is 13.7. The summed E-state index contributed by atoms with van der Waals surface area (Å²) in [5, 5.41) is 11.9. The molecule has 2 aromatic rings. The van der Waals surface area contributed by atoms with Crippen LogP contribution in [0.5, 0.6) is 0 Å². The highest BCUT2D eigenvalue weighted by atomic mass is 35.5. The first-order valence-corrected chi connectivity index (χ1v) is 8.08. The van der Waals surface area contributed by atoms with Crippen LogP contribution >= 0.6 is 23.2 Å². The predicted molar refractivity (Wildman–Crippen MR) is 92.6 cm³/mol. The number of carboxylic acid groups (broad SMARTS) is 1. The van der Waals surface area contributed by atoms with Gasteiger partial charge in [0.1, 0.15) is 18.2 Å². The van der Waals surface area contributed by atoms with Crippen molar-refractivity contribution in [2.24, 2.45) is 5.92 Å². The quantitative estimate of drug-likeness (QED) is 0.728. The van der Waals surface area contributed by atoms with Crippen LogP contribution in [0.25, 0.3) is 0 Å². The van der Waals surface area contributed by atoms with Crippen molar-refractivity contribution in [3.8, 4) is 0 Å². The van der Waals surface area contributed by atoms with E-state index in [-0.39, 0.29) is 27.7 Å². The van der Waals surface area contributed by atoms with Gasteiger partial charge in [-0.1, -0.05) is 35.3 Å². The van der Waals surface area contributed by atoms with Crippen molar-refractivity contribution in [1.29, 1.82) is 0 Å². The molecule has 0 bridgehead atoms. The maximum Gasteiger partial charge on any atom is 0.411 e. The molecule has 0 radical (unpaired) electrons. The molecule has 1 amide bonds. The second kappa shape index (κ2) is 8.82. The molecule has 0 spiro atoms. The molecule has 0 aliphatic carbocycles. The number of benzene rings is 2. The van der Waals surface area contributed by atoms with Gasteiger partial charge < -0.3 is 9.84 Å². The fourth-order valence-corrected chi connectivity index (χ4v) is 2.59. The zero-order chi connectivity index (χ0) is 19.3. The summed E-state index contributed by atoms with van der Waals surface area (Å²) < 4.78 is 31.5. The SMILES string of the molecule is O=C(Nc1c(Cl)cccc1Cl)OCC(Cc1ccc(F)cc1F)C(=O)O. The Hall–Kier alpha value is -2.38. The van der Waals surface area contributed by atoms with E-state index in [9.17, 15) is 23.5 Å². The smallest absolute Gasteiger partial charge is 0.411 e. The minimum Gasteiger partial charge on any atom is -0.481 e. The normalized spacial score (nSPS) is 11.7. The number of rotatable bonds is 6. The molecule has 0 aromatic heterocycles. The van der Waals surface area contributed by atoms with Crippen molar-refractivity contribution >= 4 is 41.0 Å². The zero-order valence-corrected chi connectivity index (χ0v) is 14.7. The van der Waals surface area contributed by atoms with Gasteiger partial charge in [-0.2, -0.15) is 0 Å².